The highest BCUT2D eigenvalue weighted by molar-refractivity contribution is 5.90. The molecule has 0 amide bonds. The molecule has 18 heavy (non-hydrogen) atoms. The highest BCUT2D eigenvalue weighted by Gasteiger charge is 2.12. The molecule has 6 nitrogen and oxygen atoms in total. The molecule has 0 aliphatic rings. The summed E-state index contributed by atoms with van der Waals surface area (Å²) in [6.45, 7) is 1.99. The summed E-state index contributed by atoms with van der Waals surface area (Å²) >= 11 is 0. The Balaban J connectivity index is 2.05. The minimum absolute atomic E-state index is 0.344. The van der Waals surface area contributed by atoms with Crippen molar-refractivity contribution in [3.05, 3.63) is 36.2 Å². The van der Waals surface area contributed by atoms with Gasteiger partial charge in [0.1, 0.15) is 23.3 Å². The van der Waals surface area contributed by atoms with Crippen molar-refractivity contribution < 1.29 is 4.74 Å². The van der Waals surface area contributed by atoms with Gasteiger partial charge in [-0.05, 0) is 24.6 Å². The first-order chi connectivity index (χ1) is 8.74. The fourth-order valence-corrected chi connectivity index (χ4v) is 1.72. The van der Waals surface area contributed by atoms with Gasteiger partial charge in [0.25, 0.3) is 5.88 Å². The number of fused-ring (bicyclic) bond motifs is 1. The lowest BCUT2D eigenvalue weighted by atomic mass is 10.2. The fraction of sp³-hybridized carbons (Fsp3) is 0.0833. The maximum absolute atomic E-state index is 5.79. The van der Waals surface area contributed by atoms with E-state index in [9.17, 15) is 0 Å². The molecule has 0 aliphatic carbocycles. The summed E-state index contributed by atoms with van der Waals surface area (Å²) in [6, 6.07) is 7.68. The van der Waals surface area contributed by atoms with E-state index in [0.29, 0.717) is 28.5 Å². The van der Waals surface area contributed by atoms with E-state index in [0.717, 1.165) is 5.56 Å². The van der Waals surface area contributed by atoms with Crippen LogP contribution in [0.25, 0.3) is 11.0 Å². The normalized spacial score (nSPS) is 10.7. The predicted octanol–water partition coefficient (Wildman–Crippen LogP) is 2.04. The minimum Gasteiger partial charge on any atom is -0.437 e. The number of aromatic amines is 1. The molecular weight excluding hydrogens is 230 g/mol. The maximum Gasteiger partial charge on any atom is 0.251 e. The van der Waals surface area contributed by atoms with Gasteiger partial charge in [-0.25, -0.2) is 9.97 Å². The molecule has 1 aromatic carbocycles. The lowest BCUT2D eigenvalue weighted by molar-refractivity contribution is 0.466. The van der Waals surface area contributed by atoms with E-state index in [1.807, 2.05) is 31.2 Å². The van der Waals surface area contributed by atoms with Crippen LogP contribution in [0.2, 0.25) is 0 Å². The van der Waals surface area contributed by atoms with Crippen LogP contribution in [0, 0.1) is 6.92 Å². The fourth-order valence-electron chi connectivity index (χ4n) is 1.72. The van der Waals surface area contributed by atoms with Gasteiger partial charge in [0.2, 0.25) is 0 Å². The summed E-state index contributed by atoms with van der Waals surface area (Å²) < 4.78 is 5.69. The predicted molar refractivity (Wildman–Crippen MR) is 67.3 cm³/mol. The Kier molecular flexibility index (Phi) is 2.33. The third-order valence-electron chi connectivity index (χ3n) is 2.56. The van der Waals surface area contributed by atoms with Crippen LogP contribution >= 0.6 is 0 Å². The molecule has 6 heteroatoms. The van der Waals surface area contributed by atoms with Gasteiger partial charge in [0.05, 0.1) is 0 Å². The van der Waals surface area contributed by atoms with Crippen LogP contribution in [-0.4, -0.2) is 20.2 Å². The Hall–Kier alpha value is -2.63. The topological polar surface area (TPSA) is 89.7 Å². The lowest BCUT2D eigenvalue weighted by Gasteiger charge is -2.03. The van der Waals surface area contributed by atoms with Crippen molar-refractivity contribution in [2.24, 2.45) is 0 Å². The molecule has 0 saturated heterocycles. The Morgan fingerprint density at radius 1 is 1.28 bits per heavy atom. The van der Waals surface area contributed by atoms with Crippen LogP contribution in [-0.2, 0) is 0 Å². The Bertz CT molecular complexity index is 707. The van der Waals surface area contributed by atoms with E-state index in [-0.39, 0.29) is 0 Å². The van der Waals surface area contributed by atoms with Gasteiger partial charge in [-0.1, -0.05) is 12.1 Å². The molecule has 0 unspecified atom stereocenters. The molecule has 2 heterocycles. The average molecular weight is 241 g/mol. The molecule has 0 fully saturated rings. The molecule has 3 N–H and O–H groups in total. The summed E-state index contributed by atoms with van der Waals surface area (Å²) in [4.78, 5) is 7.96. The molecule has 0 aliphatic heterocycles. The maximum atomic E-state index is 5.79. The van der Waals surface area contributed by atoms with E-state index < -0.39 is 0 Å². The molecular formula is C12H11N5O. The summed E-state index contributed by atoms with van der Waals surface area (Å²) in [7, 11) is 0. The zero-order chi connectivity index (χ0) is 12.5. The van der Waals surface area contributed by atoms with Gasteiger partial charge in [-0.3, -0.25) is 5.10 Å². The number of nitrogen functional groups attached to an aromatic ring is 1. The van der Waals surface area contributed by atoms with Gasteiger partial charge in [0, 0.05) is 0 Å². The van der Waals surface area contributed by atoms with E-state index in [1.165, 1.54) is 6.33 Å². The van der Waals surface area contributed by atoms with E-state index in [1.54, 1.807) is 0 Å². The Morgan fingerprint density at radius 2 is 2.17 bits per heavy atom. The number of aryl methyl sites for hydroxylation is 1. The zero-order valence-corrected chi connectivity index (χ0v) is 9.71. The quantitative estimate of drug-likeness (QED) is 0.716. The zero-order valence-electron chi connectivity index (χ0n) is 9.71. The number of hydrogen-bond donors (Lipinski definition) is 2. The first-order valence-electron chi connectivity index (χ1n) is 5.43. The number of hydrogen-bond acceptors (Lipinski definition) is 5. The number of nitrogens with one attached hydrogen (secondary N) is 1. The largest absolute Gasteiger partial charge is 0.437 e. The second-order valence-corrected chi connectivity index (χ2v) is 3.93. The summed E-state index contributed by atoms with van der Waals surface area (Å²) in [6.07, 6.45) is 1.38. The number of anilines is 1. The molecule has 0 saturated carbocycles. The van der Waals surface area contributed by atoms with E-state index >= 15 is 0 Å². The smallest absolute Gasteiger partial charge is 0.251 e. The molecule has 2 aromatic heterocycles. The first-order valence-corrected chi connectivity index (χ1v) is 5.43. The van der Waals surface area contributed by atoms with Crippen LogP contribution < -0.4 is 10.5 Å². The minimum atomic E-state index is 0.344. The number of ether oxygens (including phenoxy) is 1. The van der Waals surface area contributed by atoms with Crippen LogP contribution in [0.15, 0.2) is 30.6 Å². The number of aromatic nitrogens is 4. The summed E-state index contributed by atoms with van der Waals surface area (Å²) in [5.41, 5.74) is 7.46. The van der Waals surface area contributed by atoms with Crippen LogP contribution in [0.4, 0.5) is 5.82 Å². The van der Waals surface area contributed by atoms with Gasteiger partial charge >= 0.3 is 0 Å². The van der Waals surface area contributed by atoms with Crippen molar-refractivity contribution in [2.45, 2.75) is 6.92 Å². The van der Waals surface area contributed by atoms with Crippen molar-refractivity contribution in [3.8, 4) is 11.6 Å². The van der Waals surface area contributed by atoms with Crippen molar-refractivity contribution in [2.75, 3.05) is 5.73 Å². The highest BCUT2D eigenvalue weighted by Crippen LogP contribution is 2.29. The second kappa shape index (κ2) is 3.99. The van der Waals surface area contributed by atoms with Crippen LogP contribution in [0.1, 0.15) is 5.56 Å². The molecule has 3 aromatic rings. The van der Waals surface area contributed by atoms with Crippen LogP contribution in [0.3, 0.4) is 0 Å². The van der Waals surface area contributed by atoms with Crippen molar-refractivity contribution in [1.29, 1.82) is 0 Å². The SMILES string of the molecule is Cc1cccc(Oc2n[nH]c3ncnc(N)c23)c1. The van der Waals surface area contributed by atoms with Crippen molar-refractivity contribution in [3.63, 3.8) is 0 Å². The van der Waals surface area contributed by atoms with Gasteiger partial charge in [0.15, 0.2) is 5.65 Å². The standard InChI is InChI=1S/C12H11N5O/c1-7-3-2-4-8(5-7)18-12-9-10(13)14-6-15-11(9)16-17-12/h2-6H,1H3,(H3,13,14,15,16,17). The number of nitrogens with two attached hydrogens (primary N) is 1. The van der Waals surface area contributed by atoms with E-state index in [2.05, 4.69) is 20.2 Å². The molecule has 0 spiro atoms. The molecule has 0 atom stereocenters. The van der Waals surface area contributed by atoms with Gasteiger partial charge in [-0.15, -0.1) is 5.10 Å². The number of benzene rings is 1. The highest BCUT2D eigenvalue weighted by atomic mass is 16.5. The van der Waals surface area contributed by atoms with Crippen molar-refractivity contribution >= 4 is 16.9 Å². The number of rotatable bonds is 2. The third-order valence-corrected chi connectivity index (χ3v) is 2.56. The molecule has 3 rings (SSSR count). The van der Waals surface area contributed by atoms with E-state index in [4.69, 9.17) is 10.5 Å². The number of H-pyrrole nitrogens is 1. The summed E-state index contributed by atoms with van der Waals surface area (Å²) in [5.74, 6) is 1.43. The average Bonchev–Trinajstić information content (AvgIpc) is 2.74. The third kappa shape index (κ3) is 1.73. The summed E-state index contributed by atoms with van der Waals surface area (Å²) in [5, 5.41) is 7.41. The van der Waals surface area contributed by atoms with Crippen molar-refractivity contribution in [1.82, 2.24) is 20.2 Å². The lowest BCUT2D eigenvalue weighted by Crippen LogP contribution is -1.93. The molecule has 90 valence electrons. The molecule has 0 bridgehead atoms. The van der Waals surface area contributed by atoms with Gasteiger partial charge in [-0.2, -0.15) is 0 Å². The Labute approximate surface area is 103 Å². The first kappa shape index (κ1) is 10.5. The second-order valence-electron chi connectivity index (χ2n) is 3.93. The molecule has 0 radical (unpaired) electrons. The van der Waals surface area contributed by atoms with Gasteiger partial charge < -0.3 is 10.5 Å². The Morgan fingerprint density at radius 3 is 3.00 bits per heavy atom. The number of nitrogens with zero attached hydrogens (tertiary/aromatic N) is 3. The monoisotopic (exact) mass is 241 g/mol. The van der Waals surface area contributed by atoms with Crippen LogP contribution in [0.5, 0.6) is 11.6 Å².